The molecule has 6 nitrogen and oxygen atoms in total. The molecule has 130 valence electrons. The number of methoxy groups -OCH3 is 1. The highest BCUT2D eigenvalue weighted by Gasteiger charge is 2.21. The summed E-state index contributed by atoms with van der Waals surface area (Å²) in [7, 11) is 1.71. The van der Waals surface area contributed by atoms with Crippen molar-refractivity contribution in [3.8, 4) is 0 Å². The van der Waals surface area contributed by atoms with Crippen LogP contribution in [-0.4, -0.2) is 75.5 Å². The SMILES string of the molecule is CCNC(=NCCCN1CC(C)OC(C)C1)NC(C)COC. The summed E-state index contributed by atoms with van der Waals surface area (Å²) in [5.74, 6) is 0.871. The molecule has 0 amide bonds. The molecule has 0 spiro atoms. The van der Waals surface area contributed by atoms with Crippen molar-refractivity contribution < 1.29 is 9.47 Å². The van der Waals surface area contributed by atoms with E-state index in [9.17, 15) is 0 Å². The third-order valence-corrected chi connectivity index (χ3v) is 3.54. The lowest BCUT2D eigenvalue weighted by atomic mass is 10.2. The molecule has 0 saturated carbocycles. The lowest BCUT2D eigenvalue weighted by molar-refractivity contribution is -0.0679. The summed E-state index contributed by atoms with van der Waals surface area (Å²) in [5, 5.41) is 6.63. The fourth-order valence-electron chi connectivity index (χ4n) is 2.80. The zero-order valence-corrected chi connectivity index (χ0v) is 14.9. The topological polar surface area (TPSA) is 58.1 Å². The molecule has 1 aliphatic rings. The molecule has 0 aromatic carbocycles. The Kier molecular flexibility index (Phi) is 9.43. The zero-order valence-electron chi connectivity index (χ0n) is 14.9. The van der Waals surface area contributed by atoms with E-state index in [2.05, 4.69) is 48.2 Å². The van der Waals surface area contributed by atoms with Crippen LogP contribution in [0.4, 0.5) is 0 Å². The molecule has 0 aliphatic carbocycles. The van der Waals surface area contributed by atoms with Gasteiger partial charge in [-0.05, 0) is 34.1 Å². The molecule has 0 aromatic heterocycles. The van der Waals surface area contributed by atoms with E-state index >= 15 is 0 Å². The van der Waals surface area contributed by atoms with Crippen LogP contribution < -0.4 is 10.6 Å². The van der Waals surface area contributed by atoms with Gasteiger partial charge in [-0.25, -0.2) is 0 Å². The van der Waals surface area contributed by atoms with Crippen molar-refractivity contribution in [1.29, 1.82) is 0 Å². The number of nitrogens with one attached hydrogen (secondary N) is 2. The molecule has 22 heavy (non-hydrogen) atoms. The van der Waals surface area contributed by atoms with Crippen molar-refractivity contribution in [1.82, 2.24) is 15.5 Å². The van der Waals surface area contributed by atoms with Gasteiger partial charge in [-0.15, -0.1) is 0 Å². The molecule has 1 rings (SSSR count). The standard InChI is InChI=1S/C16H34N4O2/c1-6-17-16(19-13(2)12-21-5)18-8-7-9-20-10-14(3)22-15(4)11-20/h13-15H,6-12H2,1-5H3,(H2,17,18,19). The lowest BCUT2D eigenvalue weighted by Gasteiger charge is -2.35. The second kappa shape index (κ2) is 10.8. The summed E-state index contributed by atoms with van der Waals surface area (Å²) < 4.78 is 10.9. The van der Waals surface area contributed by atoms with Gasteiger partial charge in [0.15, 0.2) is 5.96 Å². The number of hydrogen-bond donors (Lipinski definition) is 2. The maximum atomic E-state index is 5.76. The fraction of sp³-hybridized carbons (Fsp3) is 0.938. The van der Waals surface area contributed by atoms with Gasteiger partial charge in [-0.2, -0.15) is 0 Å². The van der Waals surface area contributed by atoms with E-state index < -0.39 is 0 Å². The molecule has 0 aromatic rings. The van der Waals surface area contributed by atoms with E-state index in [4.69, 9.17) is 9.47 Å². The fourth-order valence-corrected chi connectivity index (χ4v) is 2.80. The summed E-state index contributed by atoms with van der Waals surface area (Å²) in [6, 6.07) is 0.253. The molecule has 6 heteroatoms. The minimum atomic E-state index is 0.253. The number of rotatable bonds is 8. The first-order chi connectivity index (χ1) is 10.5. The number of hydrogen-bond acceptors (Lipinski definition) is 4. The third-order valence-electron chi connectivity index (χ3n) is 3.54. The van der Waals surface area contributed by atoms with Crippen molar-refractivity contribution in [3.63, 3.8) is 0 Å². The van der Waals surface area contributed by atoms with Gasteiger partial charge in [0.05, 0.1) is 18.8 Å². The second-order valence-electron chi connectivity index (χ2n) is 6.13. The minimum absolute atomic E-state index is 0.253. The smallest absolute Gasteiger partial charge is 0.191 e. The van der Waals surface area contributed by atoms with Crippen LogP contribution in [0.1, 0.15) is 34.1 Å². The second-order valence-corrected chi connectivity index (χ2v) is 6.13. The van der Waals surface area contributed by atoms with Gasteiger partial charge in [0.2, 0.25) is 0 Å². The van der Waals surface area contributed by atoms with Crippen LogP contribution in [0.3, 0.4) is 0 Å². The van der Waals surface area contributed by atoms with E-state index in [0.29, 0.717) is 18.8 Å². The van der Waals surface area contributed by atoms with Gasteiger partial charge < -0.3 is 20.1 Å². The molecule has 3 atom stereocenters. The van der Waals surface area contributed by atoms with E-state index in [1.807, 2.05) is 0 Å². The Labute approximate surface area is 135 Å². The van der Waals surface area contributed by atoms with Crippen molar-refractivity contribution in [2.24, 2.45) is 4.99 Å². The first-order valence-corrected chi connectivity index (χ1v) is 8.46. The van der Waals surface area contributed by atoms with Gasteiger partial charge in [0.1, 0.15) is 0 Å². The molecule has 1 saturated heterocycles. The highest BCUT2D eigenvalue weighted by molar-refractivity contribution is 5.80. The Balaban J connectivity index is 2.30. The van der Waals surface area contributed by atoms with Crippen molar-refractivity contribution in [3.05, 3.63) is 0 Å². The summed E-state index contributed by atoms with van der Waals surface area (Å²) in [4.78, 5) is 7.11. The molecule has 0 bridgehead atoms. The summed E-state index contributed by atoms with van der Waals surface area (Å²) >= 11 is 0. The van der Waals surface area contributed by atoms with Crippen LogP contribution in [0.25, 0.3) is 0 Å². The Hall–Kier alpha value is -0.850. The zero-order chi connectivity index (χ0) is 16.4. The monoisotopic (exact) mass is 314 g/mol. The number of morpholine rings is 1. The van der Waals surface area contributed by atoms with Crippen molar-refractivity contribution >= 4 is 5.96 Å². The van der Waals surface area contributed by atoms with Crippen LogP contribution in [-0.2, 0) is 9.47 Å². The molecule has 3 unspecified atom stereocenters. The van der Waals surface area contributed by atoms with Gasteiger partial charge >= 0.3 is 0 Å². The van der Waals surface area contributed by atoms with Crippen LogP contribution in [0.5, 0.6) is 0 Å². The van der Waals surface area contributed by atoms with E-state index in [1.54, 1.807) is 7.11 Å². The normalized spacial score (nSPS) is 25.0. The first-order valence-electron chi connectivity index (χ1n) is 8.46. The molecular weight excluding hydrogens is 280 g/mol. The first kappa shape index (κ1) is 19.2. The Morgan fingerprint density at radius 1 is 1.36 bits per heavy atom. The maximum absolute atomic E-state index is 5.76. The van der Waals surface area contributed by atoms with E-state index in [-0.39, 0.29) is 6.04 Å². The number of aliphatic imine (C=N–C) groups is 1. The predicted octanol–water partition coefficient (Wildman–Crippen LogP) is 1.08. The average molecular weight is 314 g/mol. The van der Waals surface area contributed by atoms with Crippen molar-refractivity contribution in [2.75, 3.05) is 46.4 Å². The number of nitrogens with zero attached hydrogens (tertiary/aromatic N) is 2. The Morgan fingerprint density at radius 2 is 2.05 bits per heavy atom. The van der Waals surface area contributed by atoms with Gasteiger partial charge in [-0.3, -0.25) is 9.89 Å². The highest BCUT2D eigenvalue weighted by Crippen LogP contribution is 2.10. The molecule has 1 fully saturated rings. The molecule has 1 aliphatic heterocycles. The highest BCUT2D eigenvalue weighted by atomic mass is 16.5. The van der Waals surface area contributed by atoms with Crippen LogP contribution in [0.2, 0.25) is 0 Å². The molecule has 2 N–H and O–H groups in total. The Morgan fingerprint density at radius 3 is 2.64 bits per heavy atom. The molecule has 1 heterocycles. The summed E-state index contributed by atoms with van der Waals surface area (Å²) in [5.41, 5.74) is 0. The van der Waals surface area contributed by atoms with Crippen LogP contribution in [0.15, 0.2) is 4.99 Å². The molecular formula is C16H34N4O2. The number of ether oxygens (including phenoxy) is 2. The summed E-state index contributed by atoms with van der Waals surface area (Å²) in [6.45, 7) is 14.0. The largest absolute Gasteiger partial charge is 0.383 e. The maximum Gasteiger partial charge on any atom is 0.191 e. The number of guanidine groups is 1. The van der Waals surface area contributed by atoms with E-state index in [0.717, 1.165) is 45.1 Å². The average Bonchev–Trinajstić information content (AvgIpc) is 2.43. The molecule has 0 radical (unpaired) electrons. The minimum Gasteiger partial charge on any atom is -0.383 e. The van der Waals surface area contributed by atoms with Gasteiger partial charge in [0.25, 0.3) is 0 Å². The van der Waals surface area contributed by atoms with Gasteiger partial charge in [-0.1, -0.05) is 0 Å². The van der Waals surface area contributed by atoms with Gasteiger partial charge in [0, 0.05) is 45.9 Å². The Bertz CT molecular complexity index is 315. The quantitative estimate of drug-likeness (QED) is 0.399. The predicted molar refractivity (Wildman–Crippen MR) is 91.5 cm³/mol. The van der Waals surface area contributed by atoms with Crippen LogP contribution >= 0.6 is 0 Å². The lowest BCUT2D eigenvalue weighted by Crippen LogP contribution is -2.46. The van der Waals surface area contributed by atoms with Crippen LogP contribution in [0, 0.1) is 0 Å². The third kappa shape index (κ3) is 7.96. The van der Waals surface area contributed by atoms with E-state index in [1.165, 1.54) is 0 Å². The summed E-state index contributed by atoms with van der Waals surface area (Å²) in [6.07, 6.45) is 1.73. The van der Waals surface area contributed by atoms with Crippen molar-refractivity contribution in [2.45, 2.75) is 52.4 Å².